The topological polar surface area (TPSA) is 9.23 Å². The van der Waals surface area contributed by atoms with Gasteiger partial charge in [-0.2, -0.15) is 43.9 Å². The van der Waals surface area contributed by atoms with E-state index in [-0.39, 0.29) is 0 Å². The van der Waals surface area contributed by atoms with Crippen molar-refractivity contribution in [3.8, 4) is 0 Å². The van der Waals surface area contributed by atoms with Gasteiger partial charge in [-0.3, -0.25) is 0 Å². The summed E-state index contributed by atoms with van der Waals surface area (Å²) in [5.74, 6) is -5.20. The van der Waals surface area contributed by atoms with Crippen molar-refractivity contribution in [2.75, 3.05) is 6.61 Å². The first kappa shape index (κ1) is 19.2. The third-order valence-electron chi connectivity index (χ3n) is 1.93. The third-order valence-corrected chi connectivity index (χ3v) is 1.93. The van der Waals surface area contributed by atoms with Gasteiger partial charge in [0.1, 0.15) is 0 Å². The smallest absolute Gasteiger partial charge is 0.318 e. The Bertz CT molecular complexity index is 305. The van der Waals surface area contributed by atoms with Crippen LogP contribution in [0.5, 0.6) is 0 Å². The predicted molar refractivity (Wildman–Crippen MR) is 42.1 cm³/mol. The maximum Gasteiger partial charge on any atom is 0.453 e. The molecule has 0 aliphatic carbocycles. The van der Waals surface area contributed by atoms with E-state index in [1.165, 1.54) is 0 Å². The molecule has 122 valence electrons. The molecule has 0 spiro atoms. The molecule has 0 N–H and O–H groups in total. The Morgan fingerprint density at radius 2 is 1.25 bits per heavy atom. The minimum Gasteiger partial charge on any atom is -0.318 e. The third kappa shape index (κ3) is 5.29. The van der Waals surface area contributed by atoms with Crippen LogP contribution in [0, 0.1) is 0 Å². The number of halogens is 11. The molecule has 0 fully saturated rings. The molecule has 0 saturated heterocycles. The monoisotopic (exact) mass is 328 g/mol. The van der Waals surface area contributed by atoms with Crippen molar-refractivity contribution in [3.05, 3.63) is 0 Å². The van der Waals surface area contributed by atoms with Gasteiger partial charge in [-0.1, -0.05) is 0 Å². The molecule has 1 atom stereocenters. The molecule has 1 unspecified atom stereocenters. The first-order valence-electron chi connectivity index (χ1n) is 4.78. The molecule has 12 heteroatoms. The van der Waals surface area contributed by atoms with Crippen LogP contribution in [0.4, 0.5) is 48.3 Å². The van der Waals surface area contributed by atoms with Crippen LogP contribution in [0.2, 0.25) is 0 Å². The number of hydrogen-bond donors (Lipinski definition) is 0. The lowest BCUT2D eigenvalue weighted by molar-refractivity contribution is -0.337. The zero-order chi connectivity index (χ0) is 16.4. The van der Waals surface area contributed by atoms with E-state index in [4.69, 9.17) is 0 Å². The molecule has 0 rings (SSSR count). The highest BCUT2D eigenvalue weighted by Crippen LogP contribution is 2.39. The highest BCUT2D eigenvalue weighted by molar-refractivity contribution is 4.77. The SMILES string of the molecule is FC(C(F)(F)F)C(F)(F)OCCCC(F)(F)C(F)(F)F. The van der Waals surface area contributed by atoms with E-state index in [9.17, 15) is 48.3 Å². The van der Waals surface area contributed by atoms with Crippen molar-refractivity contribution in [2.24, 2.45) is 0 Å². The summed E-state index contributed by atoms with van der Waals surface area (Å²) in [4.78, 5) is 0. The average Bonchev–Trinajstić information content (AvgIpc) is 2.20. The van der Waals surface area contributed by atoms with E-state index in [1.807, 2.05) is 0 Å². The highest BCUT2D eigenvalue weighted by atomic mass is 19.4. The van der Waals surface area contributed by atoms with E-state index in [1.54, 1.807) is 0 Å². The number of rotatable bonds is 6. The standard InChI is InChI=1S/C8H7F11O/c9-4(6(12,13)14)7(15,16)20-3-1-2-5(10,11)8(17,18)19/h4H,1-3H2. The Kier molecular flexibility index (Phi) is 5.66. The predicted octanol–water partition coefficient (Wildman–Crippen LogP) is 4.47. The second-order valence-electron chi connectivity index (χ2n) is 3.62. The van der Waals surface area contributed by atoms with Crippen LogP contribution in [-0.4, -0.2) is 37.2 Å². The Labute approximate surface area is 104 Å². The zero-order valence-corrected chi connectivity index (χ0v) is 9.26. The second kappa shape index (κ2) is 5.90. The summed E-state index contributed by atoms with van der Waals surface area (Å²) < 4.78 is 134. The van der Waals surface area contributed by atoms with Gasteiger partial charge in [-0.15, -0.1) is 0 Å². The van der Waals surface area contributed by atoms with Gasteiger partial charge in [-0.05, 0) is 6.42 Å². The number of ether oxygens (including phenoxy) is 1. The van der Waals surface area contributed by atoms with E-state index in [2.05, 4.69) is 4.74 Å². The minimum atomic E-state index is -5.96. The summed E-state index contributed by atoms with van der Waals surface area (Å²) in [6, 6.07) is 0. The number of alkyl halides is 11. The molecule has 0 heterocycles. The van der Waals surface area contributed by atoms with Crippen LogP contribution in [0.25, 0.3) is 0 Å². The minimum absolute atomic E-state index is 1.34. The van der Waals surface area contributed by atoms with E-state index >= 15 is 0 Å². The molecule has 0 aromatic rings. The molecule has 0 saturated carbocycles. The maximum absolute atomic E-state index is 12.4. The molecule has 0 aliphatic rings. The van der Waals surface area contributed by atoms with Gasteiger partial charge in [0, 0.05) is 6.42 Å². The van der Waals surface area contributed by atoms with Gasteiger partial charge in [0.25, 0.3) is 6.17 Å². The van der Waals surface area contributed by atoms with Crippen LogP contribution in [0.1, 0.15) is 12.8 Å². The molecule has 0 amide bonds. The van der Waals surface area contributed by atoms with Crippen LogP contribution >= 0.6 is 0 Å². The van der Waals surface area contributed by atoms with Crippen molar-refractivity contribution in [3.63, 3.8) is 0 Å². The summed E-state index contributed by atoms with van der Waals surface area (Å²) in [5.41, 5.74) is 0. The summed E-state index contributed by atoms with van der Waals surface area (Å²) in [5, 5.41) is 0. The Hall–Kier alpha value is -0.810. The summed E-state index contributed by atoms with van der Waals surface area (Å²) in [6.45, 7) is -1.60. The Balaban J connectivity index is 4.32. The normalized spacial score (nSPS) is 16.4. The number of hydrogen-bond acceptors (Lipinski definition) is 1. The van der Waals surface area contributed by atoms with Crippen molar-refractivity contribution in [1.29, 1.82) is 0 Å². The highest BCUT2D eigenvalue weighted by Gasteiger charge is 2.59. The van der Waals surface area contributed by atoms with Gasteiger partial charge >= 0.3 is 24.4 Å². The molecular formula is C8H7F11O. The second-order valence-corrected chi connectivity index (χ2v) is 3.62. The molecule has 0 bridgehead atoms. The van der Waals surface area contributed by atoms with E-state index in [0.717, 1.165) is 0 Å². The first-order chi connectivity index (χ1) is 8.61. The molecule has 0 aliphatic heterocycles. The molecule has 20 heavy (non-hydrogen) atoms. The molecule has 0 aromatic heterocycles. The summed E-state index contributed by atoms with van der Waals surface area (Å²) in [6.07, 6.45) is -25.3. The Morgan fingerprint density at radius 1 is 0.800 bits per heavy atom. The molecular weight excluding hydrogens is 321 g/mol. The van der Waals surface area contributed by atoms with E-state index in [0.29, 0.717) is 0 Å². The quantitative estimate of drug-likeness (QED) is 0.516. The fourth-order valence-corrected chi connectivity index (χ4v) is 0.908. The van der Waals surface area contributed by atoms with Crippen molar-refractivity contribution >= 4 is 0 Å². The lowest BCUT2D eigenvalue weighted by atomic mass is 10.2. The van der Waals surface area contributed by atoms with Gasteiger partial charge in [0.05, 0.1) is 6.61 Å². The first-order valence-corrected chi connectivity index (χ1v) is 4.78. The summed E-state index contributed by atoms with van der Waals surface area (Å²) >= 11 is 0. The van der Waals surface area contributed by atoms with Gasteiger partial charge in [0.15, 0.2) is 0 Å². The van der Waals surface area contributed by atoms with E-state index < -0.39 is 50.0 Å². The van der Waals surface area contributed by atoms with Crippen molar-refractivity contribution in [2.45, 2.75) is 43.4 Å². The van der Waals surface area contributed by atoms with Crippen LogP contribution in [-0.2, 0) is 4.74 Å². The molecule has 0 aromatic carbocycles. The fraction of sp³-hybridized carbons (Fsp3) is 1.00. The van der Waals surface area contributed by atoms with Crippen molar-refractivity contribution < 1.29 is 53.0 Å². The fourth-order valence-electron chi connectivity index (χ4n) is 0.908. The average molecular weight is 328 g/mol. The molecule has 1 nitrogen and oxygen atoms in total. The van der Waals surface area contributed by atoms with Crippen molar-refractivity contribution in [1.82, 2.24) is 0 Å². The van der Waals surface area contributed by atoms with Crippen LogP contribution in [0.15, 0.2) is 0 Å². The summed E-state index contributed by atoms with van der Waals surface area (Å²) in [7, 11) is 0. The lowest BCUT2D eigenvalue weighted by Crippen LogP contribution is -2.44. The Morgan fingerprint density at radius 3 is 1.60 bits per heavy atom. The van der Waals surface area contributed by atoms with Crippen LogP contribution < -0.4 is 0 Å². The maximum atomic E-state index is 12.4. The largest absolute Gasteiger partial charge is 0.453 e. The van der Waals surface area contributed by atoms with Crippen LogP contribution in [0.3, 0.4) is 0 Å². The van der Waals surface area contributed by atoms with Gasteiger partial charge < -0.3 is 4.74 Å². The van der Waals surface area contributed by atoms with Gasteiger partial charge in [-0.25, -0.2) is 4.39 Å². The van der Waals surface area contributed by atoms with Gasteiger partial charge in [0.2, 0.25) is 0 Å². The molecule has 0 radical (unpaired) electrons. The zero-order valence-electron chi connectivity index (χ0n) is 9.26. The lowest BCUT2D eigenvalue weighted by Gasteiger charge is -2.23.